The highest BCUT2D eigenvalue weighted by Gasteiger charge is 2.33. The van der Waals surface area contributed by atoms with E-state index in [4.69, 9.17) is 0 Å². The lowest BCUT2D eigenvalue weighted by Gasteiger charge is -2.32. The number of nitrogens with zero attached hydrogens (tertiary/aromatic N) is 2. The van der Waals surface area contributed by atoms with Crippen molar-refractivity contribution in [1.29, 1.82) is 0 Å². The van der Waals surface area contributed by atoms with Crippen LogP contribution >= 0.6 is 0 Å². The molecule has 0 saturated carbocycles. The Bertz CT molecular complexity index is 794. The number of pyridine rings is 1. The summed E-state index contributed by atoms with van der Waals surface area (Å²) in [4.78, 5) is 18.0. The van der Waals surface area contributed by atoms with E-state index in [0.717, 1.165) is 0 Å². The van der Waals surface area contributed by atoms with Crippen LogP contribution in [-0.2, 0) is 10.0 Å². The number of amides is 1. The molecule has 1 saturated heterocycles. The van der Waals surface area contributed by atoms with Crippen molar-refractivity contribution in [1.82, 2.24) is 9.88 Å². The molecule has 0 spiro atoms. The smallest absolute Gasteiger partial charge is 0.254 e. The van der Waals surface area contributed by atoms with Gasteiger partial charge in [0.05, 0.1) is 5.25 Å². The number of carbonyl (C=O) groups is 1. The molecule has 1 atom stereocenters. The normalized spacial score (nSPS) is 18.2. The Hall–Kier alpha value is -2.41. The van der Waals surface area contributed by atoms with E-state index in [0.29, 0.717) is 30.6 Å². The topological polar surface area (TPSA) is 79.4 Å². The number of hydrogen-bond acceptors (Lipinski definition) is 4. The second-order valence-corrected chi connectivity index (χ2v) is 7.73. The lowest BCUT2D eigenvalue weighted by Crippen LogP contribution is -2.46. The molecule has 7 heteroatoms. The first kappa shape index (κ1) is 16.4. The summed E-state index contributed by atoms with van der Waals surface area (Å²) in [6, 6.07) is 12.1. The Labute approximate surface area is 141 Å². The highest BCUT2D eigenvalue weighted by Crippen LogP contribution is 2.21. The Morgan fingerprint density at radius 1 is 1.12 bits per heavy atom. The third-order valence-corrected chi connectivity index (χ3v) is 5.85. The summed E-state index contributed by atoms with van der Waals surface area (Å²) in [7, 11) is -3.54. The number of benzene rings is 1. The van der Waals surface area contributed by atoms with Gasteiger partial charge in [-0.2, -0.15) is 0 Å². The zero-order chi connectivity index (χ0) is 17.0. The first-order valence-corrected chi connectivity index (χ1v) is 9.37. The average Bonchev–Trinajstić information content (AvgIpc) is 2.62. The number of rotatable bonds is 4. The molecule has 0 aliphatic carbocycles. The molecule has 1 aliphatic rings. The van der Waals surface area contributed by atoms with Crippen LogP contribution in [0.5, 0.6) is 0 Å². The summed E-state index contributed by atoms with van der Waals surface area (Å²) >= 11 is 0. The molecule has 1 amide bonds. The van der Waals surface area contributed by atoms with Crippen LogP contribution in [0.1, 0.15) is 23.2 Å². The van der Waals surface area contributed by atoms with Crippen LogP contribution in [0.25, 0.3) is 0 Å². The minimum absolute atomic E-state index is 0.156. The Morgan fingerprint density at radius 3 is 2.54 bits per heavy atom. The predicted octanol–water partition coefficient (Wildman–Crippen LogP) is 2.13. The van der Waals surface area contributed by atoms with E-state index in [-0.39, 0.29) is 12.5 Å². The second kappa shape index (κ2) is 7.00. The first-order chi connectivity index (χ1) is 11.6. The molecule has 3 rings (SSSR count). The van der Waals surface area contributed by atoms with E-state index in [2.05, 4.69) is 9.71 Å². The molecule has 2 aromatic rings. The fourth-order valence-corrected chi connectivity index (χ4v) is 4.29. The molecule has 1 aromatic carbocycles. The van der Waals surface area contributed by atoms with Gasteiger partial charge in [-0.25, -0.2) is 8.42 Å². The highest BCUT2D eigenvalue weighted by atomic mass is 32.2. The van der Waals surface area contributed by atoms with Crippen molar-refractivity contribution in [3.05, 3.63) is 60.4 Å². The van der Waals surface area contributed by atoms with Gasteiger partial charge in [0.15, 0.2) is 0 Å². The molecule has 1 unspecified atom stereocenters. The van der Waals surface area contributed by atoms with Gasteiger partial charge < -0.3 is 4.90 Å². The van der Waals surface area contributed by atoms with E-state index in [1.54, 1.807) is 53.7 Å². The molecular weight excluding hydrogens is 326 g/mol. The summed E-state index contributed by atoms with van der Waals surface area (Å²) in [5.41, 5.74) is 1.06. The number of aromatic nitrogens is 1. The van der Waals surface area contributed by atoms with E-state index in [1.807, 2.05) is 6.07 Å². The van der Waals surface area contributed by atoms with Gasteiger partial charge in [-0.15, -0.1) is 0 Å². The standard InChI is InChI=1S/C17H19N3O3S/c21-17(14-8-10-18-11-9-14)20-12-4-7-16(13-20)24(22,23)19-15-5-2-1-3-6-15/h1-3,5-6,8-11,16,19H,4,7,12-13H2. The molecule has 0 radical (unpaired) electrons. The number of likely N-dealkylation sites (tertiary alicyclic amines) is 1. The molecule has 2 heterocycles. The lowest BCUT2D eigenvalue weighted by molar-refractivity contribution is 0.0727. The lowest BCUT2D eigenvalue weighted by atomic mass is 10.1. The Balaban J connectivity index is 1.72. The van der Waals surface area contributed by atoms with E-state index >= 15 is 0 Å². The third-order valence-electron chi connectivity index (χ3n) is 4.07. The Morgan fingerprint density at radius 2 is 1.83 bits per heavy atom. The number of anilines is 1. The van der Waals surface area contributed by atoms with Crippen molar-refractivity contribution >= 4 is 21.6 Å². The molecule has 1 fully saturated rings. The monoisotopic (exact) mass is 345 g/mol. The van der Waals surface area contributed by atoms with Crippen LogP contribution in [0.15, 0.2) is 54.9 Å². The van der Waals surface area contributed by atoms with Gasteiger partial charge in [0.25, 0.3) is 5.91 Å². The second-order valence-electron chi connectivity index (χ2n) is 5.76. The molecule has 24 heavy (non-hydrogen) atoms. The fourth-order valence-electron chi connectivity index (χ4n) is 2.81. The van der Waals surface area contributed by atoms with Gasteiger partial charge in [0.2, 0.25) is 10.0 Å². The quantitative estimate of drug-likeness (QED) is 0.921. The van der Waals surface area contributed by atoms with E-state index in [9.17, 15) is 13.2 Å². The van der Waals surface area contributed by atoms with Gasteiger partial charge in [-0.3, -0.25) is 14.5 Å². The van der Waals surface area contributed by atoms with E-state index in [1.165, 1.54) is 0 Å². The van der Waals surface area contributed by atoms with Crippen LogP contribution in [0.4, 0.5) is 5.69 Å². The van der Waals surface area contributed by atoms with Crippen molar-refractivity contribution < 1.29 is 13.2 Å². The summed E-state index contributed by atoms with van der Waals surface area (Å²) in [5.74, 6) is -0.156. The maximum atomic E-state index is 12.6. The van der Waals surface area contributed by atoms with Gasteiger partial charge in [0, 0.05) is 36.7 Å². The maximum absolute atomic E-state index is 12.6. The van der Waals surface area contributed by atoms with Crippen LogP contribution in [0.3, 0.4) is 0 Å². The number of hydrogen-bond donors (Lipinski definition) is 1. The van der Waals surface area contributed by atoms with Crippen molar-refractivity contribution in [2.75, 3.05) is 17.8 Å². The molecule has 1 aliphatic heterocycles. The summed E-state index contributed by atoms with van der Waals surface area (Å²) < 4.78 is 27.8. The molecular formula is C17H19N3O3S. The molecule has 6 nitrogen and oxygen atoms in total. The van der Waals surface area contributed by atoms with Crippen molar-refractivity contribution in [3.8, 4) is 0 Å². The van der Waals surface area contributed by atoms with Crippen LogP contribution in [0.2, 0.25) is 0 Å². The maximum Gasteiger partial charge on any atom is 0.254 e. The van der Waals surface area contributed by atoms with Crippen LogP contribution < -0.4 is 4.72 Å². The van der Waals surface area contributed by atoms with E-state index < -0.39 is 15.3 Å². The predicted molar refractivity (Wildman–Crippen MR) is 92.1 cm³/mol. The largest absolute Gasteiger partial charge is 0.337 e. The number of sulfonamides is 1. The zero-order valence-electron chi connectivity index (χ0n) is 13.1. The van der Waals surface area contributed by atoms with Crippen molar-refractivity contribution in [2.24, 2.45) is 0 Å². The average molecular weight is 345 g/mol. The Kier molecular flexibility index (Phi) is 4.80. The summed E-state index contributed by atoms with van der Waals surface area (Å²) in [5, 5.41) is -0.614. The minimum atomic E-state index is -3.54. The fraction of sp³-hybridized carbons (Fsp3) is 0.294. The van der Waals surface area contributed by atoms with Crippen molar-refractivity contribution in [2.45, 2.75) is 18.1 Å². The number of nitrogens with one attached hydrogen (secondary N) is 1. The molecule has 0 bridgehead atoms. The summed E-state index contributed by atoms with van der Waals surface area (Å²) in [6.07, 6.45) is 4.32. The first-order valence-electron chi connectivity index (χ1n) is 7.82. The minimum Gasteiger partial charge on any atom is -0.337 e. The number of carbonyl (C=O) groups excluding carboxylic acids is 1. The van der Waals surface area contributed by atoms with Crippen molar-refractivity contribution in [3.63, 3.8) is 0 Å². The highest BCUT2D eigenvalue weighted by molar-refractivity contribution is 7.93. The van der Waals surface area contributed by atoms with Crippen LogP contribution in [-0.4, -0.2) is 42.5 Å². The SMILES string of the molecule is O=C(c1ccncc1)N1CCCC(S(=O)(=O)Nc2ccccc2)C1. The van der Waals surface area contributed by atoms with Gasteiger partial charge >= 0.3 is 0 Å². The van der Waals surface area contributed by atoms with Gasteiger partial charge in [-0.1, -0.05) is 18.2 Å². The number of piperidine rings is 1. The van der Waals surface area contributed by atoms with Gasteiger partial charge in [-0.05, 0) is 37.1 Å². The zero-order valence-corrected chi connectivity index (χ0v) is 13.9. The third kappa shape index (κ3) is 3.73. The number of para-hydroxylation sites is 1. The molecule has 1 N–H and O–H groups in total. The van der Waals surface area contributed by atoms with Gasteiger partial charge in [0.1, 0.15) is 0 Å². The van der Waals surface area contributed by atoms with Crippen LogP contribution in [0, 0.1) is 0 Å². The summed E-state index contributed by atoms with van der Waals surface area (Å²) in [6.45, 7) is 0.766. The molecule has 1 aromatic heterocycles. The molecule has 126 valence electrons.